The zero-order valence-corrected chi connectivity index (χ0v) is 16.9. The lowest BCUT2D eigenvalue weighted by Crippen LogP contribution is -2.47. The molecule has 1 aliphatic rings. The van der Waals surface area contributed by atoms with Crippen LogP contribution in [0.3, 0.4) is 0 Å². The van der Waals surface area contributed by atoms with E-state index < -0.39 is 0 Å². The van der Waals surface area contributed by atoms with Crippen LogP contribution in [0.5, 0.6) is 0 Å². The van der Waals surface area contributed by atoms with E-state index in [1.165, 1.54) is 11.3 Å². The zero-order chi connectivity index (χ0) is 19.2. The Morgan fingerprint density at radius 1 is 1.04 bits per heavy atom. The first kappa shape index (κ1) is 19.7. The van der Waals surface area contributed by atoms with Crippen molar-refractivity contribution in [2.24, 2.45) is 0 Å². The minimum Gasteiger partial charge on any atom is -0.369 e. The Kier molecular flexibility index (Phi) is 6.75. The standard InChI is InChI=1S/C22H28ClN3O/c1-17-4-9-21(18(2)16-17)22(27)24-10-3-11-25-12-14-26(15-13-25)20-7-5-19(23)6-8-20/h4-9,16H,3,10-15H2,1-2H3,(H,24,27). The second-order valence-corrected chi connectivity index (χ2v) is 7.67. The van der Waals surface area contributed by atoms with E-state index in [9.17, 15) is 4.79 Å². The molecule has 0 spiro atoms. The van der Waals surface area contributed by atoms with Crippen LogP contribution in [0.25, 0.3) is 0 Å². The molecular weight excluding hydrogens is 358 g/mol. The van der Waals surface area contributed by atoms with Gasteiger partial charge < -0.3 is 10.2 Å². The maximum Gasteiger partial charge on any atom is 0.251 e. The number of hydrogen-bond donors (Lipinski definition) is 1. The third kappa shape index (κ3) is 5.47. The quantitative estimate of drug-likeness (QED) is 0.766. The van der Waals surface area contributed by atoms with Crippen molar-refractivity contribution in [3.05, 3.63) is 64.2 Å². The monoisotopic (exact) mass is 385 g/mol. The highest BCUT2D eigenvalue weighted by atomic mass is 35.5. The summed E-state index contributed by atoms with van der Waals surface area (Å²) in [6.07, 6.45) is 0.970. The zero-order valence-electron chi connectivity index (χ0n) is 16.2. The summed E-state index contributed by atoms with van der Waals surface area (Å²) in [6, 6.07) is 14.0. The highest BCUT2D eigenvalue weighted by molar-refractivity contribution is 6.30. The third-order valence-electron chi connectivity index (χ3n) is 5.13. The van der Waals surface area contributed by atoms with Gasteiger partial charge in [-0.25, -0.2) is 0 Å². The number of anilines is 1. The molecular formula is C22H28ClN3O. The number of piperazine rings is 1. The van der Waals surface area contributed by atoms with Crippen LogP contribution in [0, 0.1) is 13.8 Å². The second-order valence-electron chi connectivity index (χ2n) is 7.23. The molecule has 0 aromatic heterocycles. The Morgan fingerprint density at radius 3 is 2.41 bits per heavy atom. The van der Waals surface area contributed by atoms with E-state index in [1.54, 1.807) is 0 Å². The Balaban J connectivity index is 1.37. The fourth-order valence-corrected chi connectivity index (χ4v) is 3.68. The van der Waals surface area contributed by atoms with Gasteiger partial charge in [-0.15, -0.1) is 0 Å². The maximum atomic E-state index is 12.3. The number of carbonyl (C=O) groups is 1. The van der Waals surface area contributed by atoms with Crippen LogP contribution in [-0.4, -0.2) is 50.1 Å². The normalized spacial score (nSPS) is 15.0. The molecule has 1 fully saturated rings. The average molecular weight is 386 g/mol. The van der Waals surface area contributed by atoms with Crippen molar-refractivity contribution in [2.75, 3.05) is 44.2 Å². The molecule has 4 nitrogen and oxygen atoms in total. The Hall–Kier alpha value is -2.04. The van der Waals surface area contributed by atoms with Gasteiger partial charge in [0.05, 0.1) is 0 Å². The van der Waals surface area contributed by atoms with Crippen molar-refractivity contribution < 1.29 is 4.79 Å². The van der Waals surface area contributed by atoms with E-state index in [2.05, 4.69) is 33.3 Å². The first-order valence-corrected chi connectivity index (χ1v) is 9.99. The maximum absolute atomic E-state index is 12.3. The molecule has 2 aromatic carbocycles. The minimum absolute atomic E-state index is 0.0278. The van der Waals surface area contributed by atoms with Gasteiger partial charge in [-0.3, -0.25) is 9.69 Å². The van der Waals surface area contributed by atoms with Gasteiger partial charge in [0.15, 0.2) is 0 Å². The molecule has 2 aromatic rings. The van der Waals surface area contributed by atoms with Crippen LogP contribution >= 0.6 is 11.6 Å². The smallest absolute Gasteiger partial charge is 0.251 e. The number of benzene rings is 2. The van der Waals surface area contributed by atoms with Gasteiger partial charge in [-0.2, -0.15) is 0 Å². The Morgan fingerprint density at radius 2 is 1.74 bits per heavy atom. The van der Waals surface area contributed by atoms with Crippen molar-refractivity contribution in [1.29, 1.82) is 0 Å². The number of rotatable bonds is 6. The summed E-state index contributed by atoms with van der Waals surface area (Å²) in [7, 11) is 0. The van der Waals surface area contributed by atoms with E-state index in [0.29, 0.717) is 6.54 Å². The number of amides is 1. The molecule has 0 bridgehead atoms. The summed E-state index contributed by atoms with van der Waals surface area (Å²) in [6.45, 7) is 9.91. The lowest BCUT2D eigenvalue weighted by atomic mass is 10.1. The predicted molar refractivity (Wildman–Crippen MR) is 113 cm³/mol. The van der Waals surface area contributed by atoms with Crippen molar-refractivity contribution >= 4 is 23.2 Å². The summed E-state index contributed by atoms with van der Waals surface area (Å²) in [4.78, 5) is 17.2. The van der Waals surface area contributed by atoms with Crippen LogP contribution in [0.4, 0.5) is 5.69 Å². The highest BCUT2D eigenvalue weighted by Gasteiger charge is 2.17. The first-order valence-electron chi connectivity index (χ1n) is 9.61. The predicted octanol–water partition coefficient (Wildman–Crippen LogP) is 3.90. The summed E-state index contributed by atoms with van der Waals surface area (Å²) in [5.41, 5.74) is 4.23. The fourth-order valence-electron chi connectivity index (χ4n) is 3.55. The topological polar surface area (TPSA) is 35.6 Å². The van der Waals surface area contributed by atoms with Crippen molar-refractivity contribution in [3.8, 4) is 0 Å². The Labute approximate surface area is 167 Å². The molecule has 144 valence electrons. The van der Waals surface area contributed by atoms with Crippen LogP contribution in [0.2, 0.25) is 5.02 Å². The number of hydrogen-bond acceptors (Lipinski definition) is 3. The van der Waals surface area contributed by atoms with Gasteiger partial charge in [0.1, 0.15) is 0 Å². The molecule has 0 radical (unpaired) electrons. The number of halogens is 1. The van der Waals surface area contributed by atoms with E-state index in [1.807, 2.05) is 38.1 Å². The highest BCUT2D eigenvalue weighted by Crippen LogP contribution is 2.19. The third-order valence-corrected chi connectivity index (χ3v) is 5.38. The molecule has 3 rings (SSSR count). The molecule has 0 aliphatic carbocycles. The lowest BCUT2D eigenvalue weighted by molar-refractivity contribution is 0.0951. The number of carbonyl (C=O) groups excluding carboxylic acids is 1. The molecule has 1 aliphatic heterocycles. The Bertz CT molecular complexity index is 768. The number of aryl methyl sites for hydroxylation is 2. The van der Waals surface area contributed by atoms with E-state index >= 15 is 0 Å². The lowest BCUT2D eigenvalue weighted by Gasteiger charge is -2.36. The van der Waals surface area contributed by atoms with E-state index in [4.69, 9.17) is 11.6 Å². The van der Waals surface area contributed by atoms with Crippen LogP contribution in [0.15, 0.2) is 42.5 Å². The van der Waals surface area contributed by atoms with E-state index in [-0.39, 0.29) is 5.91 Å². The van der Waals surface area contributed by atoms with Gasteiger partial charge in [0, 0.05) is 49.0 Å². The van der Waals surface area contributed by atoms with Crippen LogP contribution in [0.1, 0.15) is 27.9 Å². The molecule has 1 amide bonds. The molecule has 5 heteroatoms. The van der Waals surface area contributed by atoms with Crippen LogP contribution < -0.4 is 10.2 Å². The van der Waals surface area contributed by atoms with Crippen molar-refractivity contribution in [3.63, 3.8) is 0 Å². The molecule has 27 heavy (non-hydrogen) atoms. The summed E-state index contributed by atoms with van der Waals surface area (Å²) >= 11 is 5.96. The fraction of sp³-hybridized carbons (Fsp3) is 0.409. The summed E-state index contributed by atoms with van der Waals surface area (Å²) < 4.78 is 0. The molecule has 0 saturated carbocycles. The van der Waals surface area contributed by atoms with Gasteiger partial charge in [-0.1, -0.05) is 29.3 Å². The minimum atomic E-state index is 0.0278. The van der Waals surface area contributed by atoms with Gasteiger partial charge in [-0.05, 0) is 62.7 Å². The largest absolute Gasteiger partial charge is 0.369 e. The van der Waals surface area contributed by atoms with Gasteiger partial charge >= 0.3 is 0 Å². The molecule has 0 unspecified atom stereocenters. The van der Waals surface area contributed by atoms with Gasteiger partial charge in [0.2, 0.25) is 0 Å². The van der Waals surface area contributed by atoms with E-state index in [0.717, 1.165) is 55.3 Å². The summed E-state index contributed by atoms with van der Waals surface area (Å²) in [5.74, 6) is 0.0278. The first-order chi connectivity index (χ1) is 13.0. The number of nitrogens with zero attached hydrogens (tertiary/aromatic N) is 2. The van der Waals surface area contributed by atoms with Crippen LogP contribution in [-0.2, 0) is 0 Å². The molecule has 0 atom stereocenters. The van der Waals surface area contributed by atoms with Crippen molar-refractivity contribution in [1.82, 2.24) is 10.2 Å². The second kappa shape index (κ2) is 9.25. The molecule has 1 N–H and O–H groups in total. The average Bonchev–Trinajstić information content (AvgIpc) is 2.66. The summed E-state index contributed by atoms with van der Waals surface area (Å²) in [5, 5.41) is 3.83. The molecule has 1 heterocycles. The number of nitrogens with one attached hydrogen (secondary N) is 1. The molecule has 1 saturated heterocycles. The SMILES string of the molecule is Cc1ccc(C(=O)NCCCN2CCN(c3ccc(Cl)cc3)CC2)c(C)c1. The van der Waals surface area contributed by atoms with Crippen molar-refractivity contribution in [2.45, 2.75) is 20.3 Å². The van der Waals surface area contributed by atoms with Gasteiger partial charge in [0.25, 0.3) is 5.91 Å².